The number of benzene rings is 1. The molecule has 2 N–H and O–H groups in total. The number of carbonyl (C=O) groups is 1. The number of rotatable bonds is 6. The van der Waals surface area contributed by atoms with E-state index in [0.29, 0.717) is 28.8 Å². The molecule has 23 heavy (non-hydrogen) atoms. The molecule has 1 heterocycles. The summed E-state index contributed by atoms with van der Waals surface area (Å²) in [5.41, 5.74) is 1.98. The summed E-state index contributed by atoms with van der Waals surface area (Å²) < 4.78 is 10.6. The van der Waals surface area contributed by atoms with Gasteiger partial charge in [0, 0.05) is 18.3 Å². The number of amides is 1. The lowest BCUT2D eigenvalue weighted by Crippen LogP contribution is -2.25. The maximum absolute atomic E-state index is 12.1. The third kappa shape index (κ3) is 3.71. The summed E-state index contributed by atoms with van der Waals surface area (Å²) in [5, 5.41) is 6.17. The first-order valence-electron chi connectivity index (χ1n) is 7.44. The van der Waals surface area contributed by atoms with E-state index in [-0.39, 0.29) is 5.91 Å². The van der Waals surface area contributed by atoms with Crippen LogP contribution in [0.1, 0.15) is 23.2 Å². The largest absolute Gasteiger partial charge is 0.497 e. The average molecular weight is 313 g/mol. The van der Waals surface area contributed by atoms with Crippen LogP contribution in [-0.2, 0) is 0 Å². The van der Waals surface area contributed by atoms with Crippen LogP contribution in [0.4, 0.5) is 11.4 Å². The van der Waals surface area contributed by atoms with Gasteiger partial charge in [-0.15, -0.1) is 0 Å². The number of nitrogens with zero attached hydrogens (tertiary/aromatic N) is 1. The zero-order valence-electron chi connectivity index (χ0n) is 13.1. The zero-order chi connectivity index (χ0) is 16.2. The summed E-state index contributed by atoms with van der Waals surface area (Å²) in [6.45, 7) is 0. The Bertz CT molecular complexity index is 714. The maximum Gasteiger partial charge on any atom is 0.253 e. The second-order valence-electron chi connectivity index (χ2n) is 5.40. The third-order valence-electron chi connectivity index (χ3n) is 3.60. The Morgan fingerprint density at radius 2 is 2.00 bits per heavy atom. The van der Waals surface area contributed by atoms with Gasteiger partial charge in [-0.05, 0) is 31.0 Å². The van der Waals surface area contributed by atoms with E-state index >= 15 is 0 Å². The van der Waals surface area contributed by atoms with Gasteiger partial charge < -0.3 is 20.1 Å². The summed E-state index contributed by atoms with van der Waals surface area (Å²) in [6.07, 6.45) is 5.33. The molecule has 3 rings (SSSR count). The molecule has 0 aliphatic heterocycles. The Balaban J connectivity index is 1.80. The maximum atomic E-state index is 12.1. The average Bonchev–Trinajstić information content (AvgIpc) is 3.39. The number of anilines is 2. The Labute approximate surface area is 134 Å². The second-order valence-corrected chi connectivity index (χ2v) is 5.40. The van der Waals surface area contributed by atoms with Crippen molar-refractivity contribution in [2.45, 2.75) is 18.9 Å². The highest BCUT2D eigenvalue weighted by Crippen LogP contribution is 2.31. The van der Waals surface area contributed by atoms with Crippen molar-refractivity contribution in [2.24, 2.45) is 0 Å². The summed E-state index contributed by atoms with van der Waals surface area (Å²) in [7, 11) is 3.21. The van der Waals surface area contributed by atoms with Crippen molar-refractivity contribution in [1.82, 2.24) is 10.3 Å². The summed E-state index contributed by atoms with van der Waals surface area (Å²) in [5.74, 6) is 1.30. The summed E-state index contributed by atoms with van der Waals surface area (Å²) >= 11 is 0. The molecule has 2 aromatic rings. The van der Waals surface area contributed by atoms with Gasteiger partial charge in [-0.3, -0.25) is 9.78 Å². The van der Waals surface area contributed by atoms with Crippen LogP contribution in [0.15, 0.2) is 36.7 Å². The van der Waals surface area contributed by atoms with Crippen molar-refractivity contribution >= 4 is 17.3 Å². The van der Waals surface area contributed by atoms with Crippen molar-refractivity contribution < 1.29 is 14.3 Å². The second kappa shape index (κ2) is 6.56. The van der Waals surface area contributed by atoms with Crippen LogP contribution in [0.5, 0.6) is 11.5 Å². The van der Waals surface area contributed by atoms with Crippen LogP contribution in [0.25, 0.3) is 0 Å². The fourth-order valence-corrected chi connectivity index (χ4v) is 2.20. The van der Waals surface area contributed by atoms with E-state index in [1.54, 1.807) is 32.7 Å². The predicted octanol–water partition coefficient (Wildman–Crippen LogP) is 2.73. The molecule has 0 bridgehead atoms. The van der Waals surface area contributed by atoms with Crippen LogP contribution >= 0.6 is 0 Å². The number of aromatic nitrogens is 1. The van der Waals surface area contributed by atoms with Gasteiger partial charge in [-0.25, -0.2) is 0 Å². The molecule has 0 unspecified atom stereocenters. The first-order chi connectivity index (χ1) is 11.2. The van der Waals surface area contributed by atoms with Gasteiger partial charge in [-0.1, -0.05) is 0 Å². The standard InChI is InChI=1S/C17H19N3O3/c1-22-14-5-6-16(23-2)15(8-14)19-13-7-11(9-18-10-13)17(21)20-12-3-4-12/h5-10,12,19H,3-4H2,1-2H3,(H,20,21). The van der Waals surface area contributed by atoms with E-state index in [9.17, 15) is 4.79 Å². The molecule has 1 saturated carbocycles. The molecule has 0 atom stereocenters. The van der Waals surface area contributed by atoms with Gasteiger partial charge in [0.2, 0.25) is 0 Å². The smallest absolute Gasteiger partial charge is 0.253 e. The molecule has 6 heteroatoms. The van der Waals surface area contributed by atoms with Crippen LogP contribution in [-0.4, -0.2) is 31.2 Å². The summed E-state index contributed by atoms with van der Waals surface area (Å²) in [4.78, 5) is 16.2. The van der Waals surface area contributed by atoms with Crippen LogP contribution < -0.4 is 20.1 Å². The molecule has 0 saturated heterocycles. The molecule has 0 radical (unpaired) electrons. The Morgan fingerprint density at radius 3 is 2.70 bits per heavy atom. The van der Waals surface area contributed by atoms with Crippen molar-refractivity contribution in [2.75, 3.05) is 19.5 Å². The van der Waals surface area contributed by atoms with Gasteiger partial charge in [0.25, 0.3) is 5.91 Å². The normalized spacial score (nSPS) is 13.3. The van der Waals surface area contributed by atoms with E-state index in [0.717, 1.165) is 18.5 Å². The minimum absolute atomic E-state index is 0.0961. The molecule has 1 aliphatic carbocycles. The molecular formula is C17H19N3O3. The first kappa shape index (κ1) is 15.1. The van der Waals surface area contributed by atoms with Crippen molar-refractivity contribution in [3.8, 4) is 11.5 Å². The molecular weight excluding hydrogens is 294 g/mol. The van der Waals surface area contributed by atoms with Crippen LogP contribution in [0.3, 0.4) is 0 Å². The fraction of sp³-hybridized carbons (Fsp3) is 0.294. The van der Waals surface area contributed by atoms with Crippen molar-refractivity contribution in [1.29, 1.82) is 0 Å². The van der Waals surface area contributed by atoms with Gasteiger partial charge in [0.15, 0.2) is 0 Å². The Morgan fingerprint density at radius 1 is 1.17 bits per heavy atom. The van der Waals surface area contributed by atoms with Crippen molar-refractivity contribution in [3.05, 3.63) is 42.2 Å². The Kier molecular flexibility index (Phi) is 4.32. The van der Waals surface area contributed by atoms with Gasteiger partial charge in [0.05, 0.1) is 37.4 Å². The monoisotopic (exact) mass is 313 g/mol. The topological polar surface area (TPSA) is 72.5 Å². The van der Waals surface area contributed by atoms with Gasteiger partial charge in [0.1, 0.15) is 11.5 Å². The minimum atomic E-state index is -0.0961. The SMILES string of the molecule is COc1ccc(OC)c(Nc2cncc(C(=O)NC3CC3)c2)c1. The number of hydrogen-bond donors (Lipinski definition) is 2. The van der Waals surface area contributed by atoms with E-state index in [1.165, 1.54) is 0 Å². The lowest BCUT2D eigenvalue weighted by Gasteiger charge is -2.13. The zero-order valence-corrected chi connectivity index (χ0v) is 13.1. The highest BCUT2D eigenvalue weighted by Gasteiger charge is 2.24. The minimum Gasteiger partial charge on any atom is -0.497 e. The molecule has 120 valence electrons. The van der Waals surface area contributed by atoms with Gasteiger partial charge in [-0.2, -0.15) is 0 Å². The quantitative estimate of drug-likeness (QED) is 0.858. The molecule has 1 aromatic carbocycles. The molecule has 1 fully saturated rings. The van der Waals surface area contributed by atoms with E-state index in [2.05, 4.69) is 15.6 Å². The number of carbonyl (C=O) groups excluding carboxylic acids is 1. The van der Waals surface area contributed by atoms with Gasteiger partial charge >= 0.3 is 0 Å². The van der Waals surface area contributed by atoms with Crippen molar-refractivity contribution in [3.63, 3.8) is 0 Å². The number of hydrogen-bond acceptors (Lipinski definition) is 5. The predicted molar refractivity (Wildman–Crippen MR) is 87.6 cm³/mol. The highest BCUT2D eigenvalue weighted by atomic mass is 16.5. The lowest BCUT2D eigenvalue weighted by atomic mass is 10.2. The van der Waals surface area contributed by atoms with Crippen LogP contribution in [0.2, 0.25) is 0 Å². The van der Waals surface area contributed by atoms with E-state index < -0.39 is 0 Å². The van der Waals surface area contributed by atoms with E-state index in [4.69, 9.17) is 9.47 Å². The van der Waals surface area contributed by atoms with E-state index in [1.807, 2.05) is 18.2 Å². The molecule has 1 amide bonds. The fourth-order valence-electron chi connectivity index (χ4n) is 2.20. The number of nitrogens with one attached hydrogen (secondary N) is 2. The third-order valence-corrected chi connectivity index (χ3v) is 3.60. The molecule has 1 aromatic heterocycles. The molecule has 6 nitrogen and oxygen atoms in total. The number of methoxy groups -OCH3 is 2. The lowest BCUT2D eigenvalue weighted by molar-refractivity contribution is 0.0950. The molecule has 1 aliphatic rings. The highest BCUT2D eigenvalue weighted by molar-refractivity contribution is 5.95. The Hall–Kier alpha value is -2.76. The van der Waals surface area contributed by atoms with Crippen LogP contribution in [0, 0.1) is 0 Å². The molecule has 0 spiro atoms. The number of pyridine rings is 1. The summed E-state index contributed by atoms with van der Waals surface area (Å²) in [6, 6.07) is 7.55. The first-order valence-corrected chi connectivity index (χ1v) is 7.44. The number of ether oxygens (including phenoxy) is 2.